The second kappa shape index (κ2) is 6.43. The molecule has 0 radical (unpaired) electrons. The zero-order chi connectivity index (χ0) is 19.2. The van der Waals surface area contributed by atoms with Gasteiger partial charge in [0.05, 0.1) is 4.88 Å². The third-order valence-corrected chi connectivity index (χ3v) is 7.93. The number of carboxylic acids is 1. The van der Waals surface area contributed by atoms with Crippen LogP contribution in [-0.2, 0) is 14.8 Å². The lowest BCUT2D eigenvalue weighted by molar-refractivity contribution is -0.140. The van der Waals surface area contributed by atoms with E-state index >= 15 is 0 Å². The van der Waals surface area contributed by atoms with Crippen molar-refractivity contribution >= 4 is 33.2 Å². The molecule has 7 nitrogen and oxygen atoms in total. The van der Waals surface area contributed by atoms with E-state index in [4.69, 9.17) is 0 Å². The van der Waals surface area contributed by atoms with Gasteiger partial charge in [-0.25, -0.2) is 8.42 Å². The van der Waals surface area contributed by atoms with E-state index in [9.17, 15) is 23.1 Å². The Balaban J connectivity index is 1.54. The van der Waals surface area contributed by atoms with E-state index in [0.29, 0.717) is 4.88 Å². The van der Waals surface area contributed by atoms with Gasteiger partial charge in [-0.2, -0.15) is 4.72 Å². The monoisotopic (exact) mass is 406 g/mol. The van der Waals surface area contributed by atoms with E-state index in [1.807, 2.05) is 6.07 Å². The van der Waals surface area contributed by atoms with Crippen molar-refractivity contribution in [3.63, 3.8) is 0 Å². The Morgan fingerprint density at radius 1 is 1.11 bits per heavy atom. The molecule has 4 rings (SSSR count). The van der Waals surface area contributed by atoms with Crippen molar-refractivity contribution in [3.05, 3.63) is 52.9 Å². The molecule has 0 saturated heterocycles. The molecule has 2 fully saturated rings. The average Bonchev–Trinajstić information content (AvgIpc) is 3.52. The SMILES string of the molecule is O=C(NC1CC1)c1ccc(S(=O)(=O)NC2(C(=O)O)CC2c2ccccc2)s1. The predicted molar refractivity (Wildman–Crippen MR) is 99.3 cm³/mol. The van der Waals surface area contributed by atoms with Crippen molar-refractivity contribution in [1.29, 1.82) is 0 Å². The minimum Gasteiger partial charge on any atom is -0.480 e. The van der Waals surface area contributed by atoms with Crippen molar-refractivity contribution in [2.45, 2.75) is 41.0 Å². The Labute approximate surface area is 160 Å². The number of thiophene rings is 1. The molecule has 2 aromatic rings. The molecule has 0 aliphatic heterocycles. The Morgan fingerprint density at radius 2 is 1.81 bits per heavy atom. The fraction of sp³-hybridized carbons (Fsp3) is 0.333. The number of hydrogen-bond donors (Lipinski definition) is 3. The minimum atomic E-state index is -4.06. The number of amides is 1. The van der Waals surface area contributed by atoms with Gasteiger partial charge in [-0.15, -0.1) is 11.3 Å². The smallest absolute Gasteiger partial charge is 0.325 e. The maximum atomic E-state index is 12.7. The van der Waals surface area contributed by atoms with Gasteiger partial charge in [0.2, 0.25) is 0 Å². The number of hydrogen-bond acceptors (Lipinski definition) is 5. The Bertz CT molecular complexity index is 998. The van der Waals surface area contributed by atoms with E-state index < -0.39 is 27.4 Å². The van der Waals surface area contributed by atoms with Crippen LogP contribution in [0.5, 0.6) is 0 Å². The Kier molecular flexibility index (Phi) is 4.32. The molecule has 1 aromatic carbocycles. The first-order valence-electron chi connectivity index (χ1n) is 8.55. The summed E-state index contributed by atoms with van der Waals surface area (Å²) in [5.41, 5.74) is -0.779. The number of benzene rings is 1. The third-order valence-electron chi connectivity index (χ3n) is 4.84. The van der Waals surface area contributed by atoms with Gasteiger partial charge in [-0.3, -0.25) is 9.59 Å². The van der Waals surface area contributed by atoms with Crippen LogP contribution in [-0.4, -0.2) is 37.0 Å². The molecule has 2 atom stereocenters. The van der Waals surface area contributed by atoms with Gasteiger partial charge in [0.1, 0.15) is 9.75 Å². The van der Waals surface area contributed by atoms with Crippen LogP contribution in [0, 0.1) is 0 Å². The van der Waals surface area contributed by atoms with E-state index in [1.165, 1.54) is 12.1 Å². The first-order chi connectivity index (χ1) is 12.8. The van der Waals surface area contributed by atoms with Gasteiger partial charge in [0.15, 0.2) is 0 Å². The number of carbonyl (C=O) groups excluding carboxylic acids is 1. The minimum absolute atomic E-state index is 0.0669. The highest BCUT2D eigenvalue weighted by atomic mass is 32.2. The summed E-state index contributed by atoms with van der Waals surface area (Å²) >= 11 is 0.839. The summed E-state index contributed by atoms with van der Waals surface area (Å²) in [6.07, 6.45) is 2.06. The number of rotatable bonds is 7. The molecular formula is C18H18N2O5S2. The molecule has 2 aliphatic carbocycles. The van der Waals surface area contributed by atoms with Gasteiger partial charge in [-0.05, 0) is 37.0 Å². The van der Waals surface area contributed by atoms with Crippen LogP contribution in [0.25, 0.3) is 0 Å². The number of carbonyl (C=O) groups is 2. The molecule has 27 heavy (non-hydrogen) atoms. The topological polar surface area (TPSA) is 113 Å². The van der Waals surface area contributed by atoms with Crippen LogP contribution in [0.15, 0.2) is 46.7 Å². The van der Waals surface area contributed by atoms with E-state index in [2.05, 4.69) is 10.0 Å². The molecule has 142 valence electrons. The van der Waals surface area contributed by atoms with Crippen molar-refractivity contribution in [2.24, 2.45) is 0 Å². The van der Waals surface area contributed by atoms with E-state index in [0.717, 1.165) is 29.7 Å². The van der Waals surface area contributed by atoms with Crippen molar-refractivity contribution in [1.82, 2.24) is 10.0 Å². The van der Waals surface area contributed by atoms with Crippen LogP contribution in [0.4, 0.5) is 0 Å². The quantitative estimate of drug-likeness (QED) is 0.650. The second-order valence-electron chi connectivity index (χ2n) is 6.92. The average molecular weight is 406 g/mol. The van der Waals surface area contributed by atoms with Gasteiger partial charge < -0.3 is 10.4 Å². The molecule has 0 spiro atoms. The molecule has 9 heteroatoms. The van der Waals surface area contributed by atoms with Crippen LogP contribution in [0.1, 0.15) is 40.4 Å². The normalized spacial score (nSPS) is 24.4. The van der Waals surface area contributed by atoms with E-state index in [-0.39, 0.29) is 22.6 Å². The third kappa shape index (κ3) is 3.50. The fourth-order valence-corrected chi connectivity index (χ4v) is 5.72. The lowest BCUT2D eigenvalue weighted by Gasteiger charge is -2.14. The first kappa shape index (κ1) is 18.1. The zero-order valence-corrected chi connectivity index (χ0v) is 15.8. The van der Waals surface area contributed by atoms with Gasteiger partial charge in [0.25, 0.3) is 15.9 Å². The molecular weight excluding hydrogens is 388 g/mol. The largest absolute Gasteiger partial charge is 0.480 e. The van der Waals surface area contributed by atoms with Crippen molar-refractivity contribution in [3.8, 4) is 0 Å². The second-order valence-corrected chi connectivity index (χ2v) is 9.91. The first-order valence-corrected chi connectivity index (χ1v) is 10.8. The standard InChI is InChI=1S/C18H18N2O5S2/c21-16(19-12-6-7-12)14-8-9-15(26-14)27(24,25)20-18(17(22)23)10-13(18)11-4-2-1-3-5-11/h1-5,8-9,12-13,20H,6-7,10H2,(H,19,21)(H,22,23). The molecule has 3 N–H and O–H groups in total. The maximum absolute atomic E-state index is 12.7. The molecule has 2 saturated carbocycles. The number of carboxylic acid groups (broad SMARTS) is 1. The molecule has 1 heterocycles. The van der Waals surface area contributed by atoms with Gasteiger partial charge in [0, 0.05) is 12.0 Å². The van der Waals surface area contributed by atoms with Gasteiger partial charge in [-0.1, -0.05) is 30.3 Å². The Hall–Kier alpha value is -2.23. The van der Waals surface area contributed by atoms with Crippen LogP contribution in [0.2, 0.25) is 0 Å². The number of aliphatic carboxylic acids is 1. The lowest BCUT2D eigenvalue weighted by atomic mass is 10.1. The summed E-state index contributed by atoms with van der Waals surface area (Å²) in [6.45, 7) is 0. The molecule has 2 aliphatic rings. The highest BCUT2D eigenvalue weighted by Crippen LogP contribution is 2.52. The molecule has 1 aromatic heterocycles. The van der Waals surface area contributed by atoms with Crippen molar-refractivity contribution in [2.75, 3.05) is 0 Å². The fourth-order valence-electron chi connectivity index (χ4n) is 3.10. The Morgan fingerprint density at radius 3 is 2.44 bits per heavy atom. The highest BCUT2D eigenvalue weighted by molar-refractivity contribution is 7.91. The summed E-state index contributed by atoms with van der Waals surface area (Å²) < 4.78 is 27.8. The summed E-state index contributed by atoms with van der Waals surface area (Å²) in [5, 5.41) is 12.5. The summed E-state index contributed by atoms with van der Waals surface area (Å²) in [4.78, 5) is 24.2. The molecule has 2 unspecified atom stereocenters. The molecule has 0 bridgehead atoms. The summed E-state index contributed by atoms with van der Waals surface area (Å²) in [7, 11) is -4.06. The highest BCUT2D eigenvalue weighted by Gasteiger charge is 2.63. The lowest BCUT2D eigenvalue weighted by Crippen LogP contribution is -2.44. The maximum Gasteiger partial charge on any atom is 0.325 e. The molecule has 1 amide bonds. The summed E-state index contributed by atoms with van der Waals surface area (Å²) in [6, 6.07) is 11.9. The predicted octanol–water partition coefficient (Wildman–Crippen LogP) is 1.93. The van der Waals surface area contributed by atoms with Crippen molar-refractivity contribution < 1.29 is 23.1 Å². The van der Waals surface area contributed by atoms with Crippen LogP contribution >= 0.6 is 11.3 Å². The number of sulfonamides is 1. The zero-order valence-electron chi connectivity index (χ0n) is 14.2. The summed E-state index contributed by atoms with van der Waals surface area (Å²) in [5.74, 6) is -1.93. The van der Waals surface area contributed by atoms with Gasteiger partial charge >= 0.3 is 5.97 Å². The van der Waals surface area contributed by atoms with Crippen LogP contribution in [0.3, 0.4) is 0 Å². The van der Waals surface area contributed by atoms with Crippen LogP contribution < -0.4 is 10.0 Å². The van der Waals surface area contributed by atoms with E-state index in [1.54, 1.807) is 24.3 Å². The number of nitrogens with one attached hydrogen (secondary N) is 2.